The third-order valence-electron chi connectivity index (χ3n) is 3.70. The fourth-order valence-electron chi connectivity index (χ4n) is 2.55. The normalized spacial score (nSPS) is 13.4. The minimum absolute atomic E-state index is 0.0522. The number of nitro benzene ring substituents is 1. The van der Waals surface area contributed by atoms with Crippen molar-refractivity contribution in [3.63, 3.8) is 0 Å². The van der Waals surface area contributed by atoms with Crippen molar-refractivity contribution in [2.24, 2.45) is 0 Å². The van der Waals surface area contributed by atoms with Crippen LogP contribution in [0.1, 0.15) is 33.8 Å². The van der Waals surface area contributed by atoms with E-state index in [0.29, 0.717) is 10.0 Å². The van der Waals surface area contributed by atoms with Gasteiger partial charge in [0, 0.05) is 16.5 Å². The van der Waals surface area contributed by atoms with Gasteiger partial charge in [-0.3, -0.25) is 20.2 Å². The number of nitrogens with zero attached hydrogens (tertiary/aromatic N) is 2. The molecular weight excluding hydrogens is 334 g/mol. The van der Waals surface area contributed by atoms with Gasteiger partial charge >= 0.3 is 0 Å². The number of nitrogens with one attached hydrogen (secondary N) is 1. The number of aryl methyl sites for hydroxylation is 2. The van der Waals surface area contributed by atoms with Gasteiger partial charge in [-0.25, -0.2) is 4.98 Å². The molecule has 23 heavy (non-hydrogen) atoms. The van der Waals surface area contributed by atoms with E-state index in [2.05, 4.69) is 10.3 Å². The fraction of sp³-hybridized carbons (Fsp3) is 0.333. The Hall–Kier alpha value is -1.93. The second kappa shape index (κ2) is 6.67. The van der Waals surface area contributed by atoms with E-state index in [-0.39, 0.29) is 17.2 Å². The SMILES string of the molecule is CSc1ccc(C(=O)Nc2nc3c(s2)CCCC3)cc1[N+](=O)[O-]. The van der Waals surface area contributed by atoms with Crippen LogP contribution in [-0.2, 0) is 12.8 Å². The fourth-order valence-corrected chi connectivity index (χ4v) is 4.14. The van der Waals surface area contributed by atoms with Crippen LogP contribution in [-0.4, -0.2) is 22.1 Å². The average Bonchev–Trinajstić information content (AvgIpc) is 2.96. The lowest BCUT2D eigenvalue weighted by Crippen LogP contribution is -2.12. The average molecular weight is 349 g/mol. The molecule has 1 amide bonds. The van der Waals surface area contributed by atoms with Gasteiger partial charge in [0.1, 0.15) is 0 Å². The van der Waals surface area contributed by atoms with Gasteiger partial charge in [-0.15, -0.1) is 23.1 Å². The number of nitro groups is 1. The molecule has 0 saturated heterocycles. The third kappa shape index (κ3) is 3.37. The number of benzene rings is 1. The van der Waals surface area contributed by atoms with Crippen LogP contribution in [0.15, 0.2) is 23.1 Å². The molecule has 1 aliphatic rings. The van der Waals surface area contributed by atoms with Crippen LogP contribution in [0.2, 0.25) is 0 Å². The highest BCUT2D eigenvalue weighted by atomic mass is 32.2. The molecule has 1 aromatic carbocycles. The summed E-state index contributed by atoms with van der Waals surface area (Å²) < 4.78 is 0. The van der Waals surface area contributed by atoms with Crippen LogP contribution in [0.25, 0.3) is 0 Å². The molecule has 120 valence electrons. The molecule has 0 bridgehead atoms. The molecule has 0 spiro atoms. The summed E-state index contributed by atoms with van der Waals surface area (Å²) in [5, 5.41) is 14.4. The Labute approximate surface area is 141 Å². The Bertz CT molecular complexity index is 750. The van der Waals surface area contributed by atoms with E-state index in [1.807, 2.05) is 0 Å². The first-order chi connectivity index (χ1) is 11.1. The maximum absolute atomic E-state index is 12.3. The lowest BCUT2D eigenvalue weighted by atomic mass is 10.0. The van der Waals surface area contributed by atoms with Gasteiger partial charge in [-0.2, -0.15) is 0 Å². The first-order valence-corrected chi connectivity index (χ1v) is 9.25. The van der Waals surface area contributed by atoms with Crippen LogP contribution >= 0.6 is 23.1 Å². The summed E-state index contributed by atoms with van der Waals surface area (Å²) in [6.45, 7) is 0. The summed E-state index contributed by atoms with van der Waals surface area (Å²) in [6.07, 6.45) is 6.02. The van der Waals surface area contributed by atoms with Crippen molar-refractivity contribution in [1.82, 2.24) is 4.98 Å². The Morgan fingerprint density at radius 2 is 2.17 bits per heavy atom. The molecule has 0 atom stereocenters. The van der Waals surface area contributed by atoms with E-state index in [4.69, 9.17) is 0 Å². The van der Waals surface area contributed by atoms with Crippen LogP contribution in [0.4, 0.5) is 10.8 Å². The number of fused-ring (bicyclic) bond motifs is 1. The predicted octanol–water partition coefficient (Wildman–Crippen LogP) is 3.90. The van der Waals surface area contributed by atoms with Crippen LogP contribution in [0.3, 0.4) is 0 Å². The number of hydrogen-bond donors (Lipinski definition) is 1. The molecule has 1 heterocycles. The number of thioether (sulfide) groups is 1. The van der Waals surface area contributed by atoms with Gasteiger partial charge in [0.15, 0.2) is 5.13 Å². The summed E-state index contributed by atoms with van der Waals surface area (Å²) in [7, 11) is 0. The second-order valence-electron chi connectivity index (χ2n) is 5.19. The molecule has 0 radical (unpaired) electrons. The van der Waals surface area contributed by atoms with E-state index in [0.717, 1.165) is 31.4 Å². The standard InChI is InChI=1S/C15H15N3O3S2/c1-22-13-7-6-9(8-11(13)18(20)21)14(19)17-15-16-10-4-2-3-5-12(10)23-15/h6-8H,2-5H2,1H3,(H,16,17,19). The van der Waals surface area contributed by atoms with Gasteiger partial charge in [-0.1, -0.05) is 0 Å². The maximum atomic E-state index is 12.3. The maximum Gasteiger partial charge on any atom is 0.283 e. The Kier molecular flexibility index (Phi) is 4.63. The number of carbonyl (C=O) groups excluding carboxylic acids is 1. The first-order valence-electron chi connectivity index (χ1n) is 7.21. The summed E-state index contributed by atoms with van der Waals surface area (Å²) in [6, 6.07) is 4.51. The van der Waals surface area contributed by atoms with Crippen molar-refractivity contribution in [3.8, 4) is 0 Å². The molecular formula is C15H15N3O3S2. The molecule has 6 nitrogen and oxygen atoms in total. The lowest BCUT2D eigenvalue weighted by Gasteiger charge is -2.06. The van der Waals surface area contributed by atoms with Gasteiger partial charge in [0.05, 0.1) is 15.5 Å². The number of aromatic nitrogens is 1. The topological polar surface area (TPSA) is 85.1 Å². The number of rotatable bonds is 4. The highest BCUT2D eigenvalue weighted by Gasteiger charge is 2.19. The highest BCUT2D eigenvalue weighted by Crippen LogP contribution is 2.31. The van der Waals surface area contributed by atoms with E-state index in [9.17, 15) is 14.9 Å². The monoisotopic (exact) mass is 349 g/mol. The van der Waals surface area contributed by atoms with Gasteiger partial charge < -0.3 is 0 Å². The van der Waals surface area contributed by atoms with E-state index >= 15 is 0 Å². The smallest absolute Gasteiger partial charge is 0.283 e. The number of thiazole rings is 1. The first kappa shape index (κ1) is 15.9. The Morgan fingerprint density at radius 1 is 1.39 bits per heavy atom. The van der Waals surface area contributed by atoms with Crippen molar-refractivity contribution in [2.45, 2.75) is 30.6 Å². The molecule has 1 aromatic heterocycles. The summed E-state index contributed by atoms with van der Waals surface area (Å²) >= 11 is 2.78. The summed E-state index contributed by atoms with van der Waals surface area (Å²) in [4.78, 5) is 29.2. The van der Waals surface area contributed by atoms with E-state index in [1.165, 1.54) is 34.0 Å². The van der Waals surface area contributed by atoms with Crippen LogP contribution in [0.5, 0.6) is 0 Å². The molecule has 0 saturated carbocycles. The van der Waals surface area contributed by atoms with E-state index < -0.39 is 4.92 Å². The van der Waals surface area contributed by atoms with Gasteiger partial charge in [-0.05, 0) is 44.1 Å². The zero-order valence-electron chi connectivity index (χ0n) is 12.5. The van der Waals surface area contributed by atoms with E-state index in [1.54, 1.807) is 18.4 Å². The molecule has 3 rings (SSSR count). The molecule has 0 aliphatic heterocycles. The minimum atomic E-state index is -0.468. The van der Waals surface area contributed by atoms with Crippen LogP contribution < -0.4 is 5.32 Å². The number of hydrogen-bond acceptors (Lipinski definition) is 6. The quantitative estimate of drug-likeness (QED) is 0.514. The Morgan fingerprint density at radius 3 is 2.87 bits per heavy atom. The minimum Gasteiger partial charge on any atom is -0.298 e. The summed E-state index contributed by atoms with van der Waals surface area (Å²) in [5.74, 6) is -0.369. The molecule has 0 fully saturated rings. The van der Waals surface area contributed by atoms with Crippen molar-refractivity contribution < 1.29 is 9.72 Å². The molecule has 1 N–H and O–H groups in total. The third-order valence-corrected chi connectivity index (χ3v) is 5.56. The molecule has 8 heteroatoms. The number of anilines is 1. The largest absolute Gasteiger partial charge is 0.298 e. The molecule has 2 aromatic rings. The van der Waals surface area contributed by atoms with Crippen molar-refractivity contribution >= 4 is 39.8 Å². The second-order valence-corrected chi connectivity index (χ2v) is 7.13. The lowest BCUT2D eigenvalue weighted by molar-refractivity contribution is -0.387. The zero-order valence-corrected chi connectivity index (χ0v) is 14.1. The van der Waals surface area contributed by atoms with Crippen molar-refractivity contribution in [3.05, 3.63) is 44.4 Å². The highest BCUT2D eigenvalue weighted by molar-refractivity contribution is 7.98. The van der Waals surface area contributed by atoms with Gasteiger partial charge in [0.2, 0.25) is 0 Å². The summed E-state index contributed by atoms with van der Waals surface area (Å²) in [5.41, 5.74) is 1.28. The Balaban J connectivity index is 1.81. The van der Waals surface area contributed by atoms with Gasteiger partial charge in [0.25, 0.3) is 11.6 Å². The predicted molar refractivity (Wildman–Crippen MR) is 91.6 cm³/mol. The molecule has 0 unspecified atom stereocenters. The van der Waals surface area contributed by atoms with Crippen molar-refractivity contribution in [1.29, 1.82) is 0 Å². The number of amides is 1. The zero-order chi connectivity index (χ0) is 16.4. The van der Waals surface area contributed by atoms with Crippen molar-refractivity contribution in [2.75, 3.05) is 11.6 Å². The van der Waals surface area contributed by atoms with Crippen LogP contribution in [0, 0.1) is 10.1 Å². The molecule has 1 aliphatic carbocycles. The number of carbonyl (C=O) groups is 1.